The average molecular weight is 251 g/mol. The van der Waals surface area contributed by atoms with Crippen LogP contribution in [-0.4, -0.2) is 16.5 Å². The van der Waals surface area contributed by atoms with Crippen LogP contribution in [0.4, 0.5) is 0 Å². The lowest BCUT2D eigenvalue weighted by molar-refractivity contribution is -0.111. The minimum Gasteiger partial charge on any atom is -0.305 e. The Labute approximate surface area is 86.7 Å². The Hall–Kier alpha value is 0.770. The molecule has 2 nitrogen and oxygen atoms in total. The predicted molar refractivity (Wildman–Crippen MR) is 53.7 cm³/mol. The van der Waals surface area contributed by atoms with Crippen molar-refractivity contribution in [1.82, 2.24) is 0 Å². The molecule has 6 heteroatoms. The monoisotopic (exact) mass is 250 g/mol. The highest BCUT2D eigenvalue weighted by atomic mass is 35.7. The molecule has 0 saturated carbocycles. The molecule has 0 aliphatic heterocycles. The average Bonchev–Trinajstić information content (AvgIpc) is 1.99. The Balaban J connectivity index is 4.04. The Morgan fingerprint density at radius 3 is 2.42 bits per heavy atom. The minimum absolute atomic E-state index is 0.0194. The van der Waals surface area contributed by atoms with Crippen LogP contribution in [0.3, 0.4) is 0 Å². The van der Waals surface area contributed by atoms with Crippen molar-refractivity contribution >= 4 is 46.2 Å². The van der Waals surface area contributed by atoms with Crippen LogP contribution in [0.2, 0.25) is 0 Å². The zero-order valence-corrected chi connectivity index (χ0v) is 9.76. The summed E-state index contributed by atoms with van der Waals surface area (Å²) in [6.45, 7) is -1.12. The fourth-order valence-electron chi connectivity index (χ4n) is 0.653. The molecule has 0 rings (SSSR count). The van der Waals surface area contributed by atoms with Gasteiger partial charge in [-0.05, 0) is 18.0 Å². The standard InChI is InChI=1S/C6H10Cl3O2P/c1-2-6(8)12(9,11)4-3-5(7)10/h6H,2-4H2,1H3. The minimum atomic E-state index is -2.91. The van der Waals surface area contributed by atoms with Crippen LogP contribution < -0.4 is 0 Å². The number of alkyl halides is 1. The lowest BCUT2D eigenvalue weighted by atomic mass is 10.5. The maximum absolute atomic E-state index is 11.5. The van der Waals surface area contributed by atoms with Gasteiger partial charge in [0.15, 0.2) is 6.49 Å². The summed E-state index contributed by atoms with van der Waals surface area (Å²) < 4.78 is 11.5. The van der Waals surface area contributed by atoms with Gasteiger partial charge in [0, 0.05) is 12.6 Å². The van der Waals surface area contributed by atoms with Crippen LogP contribution in [0.5, 0.6) is 0 Å². The number of hydrogen-bond donors (Lipinski definition) is 0. The lowest BCUT2D eigenvalue weighted by Crippen LogP contribution is -2.00. The summed E-state index contributed by atoms with van der Waals surface area (Å²) in [6, 6.07) is 0. The van der Waals surface area contributed by atoms with Crippen LogP contribution in [0.15, 0.2) is 0 Å². The first-order valence-electron chi connectivity index (χ1n) is 3.51. The molecule has 0 spiro atoms. The largest absolute Gasteiger partial charge is 0.305 e. The van der Waals surface area contributed by atoms with E-state index in [0.29, 0.717) is 6.42 Å². The summed E-state index contributed by atoms with van der Waals surface area (Å²) >= 11 is 16.4. The summed E-state index contributed by atoms with van der Waals surface area (Å²) in [5.41, 5.74) is 0. The molecule has 2 unspecified atom stereocenters. The van der Waals surface area contributed by atoms with E-state index in [2.05, 4.69) is 0 Å². The molecule has 0 N–H and O–H groups in total. The van der Waals surface area contributed by atoms with E-state index in [4.69, 9.17) is 34.4 Å². The quantitative estimate of drug-likeness (QED) is 0.425. The van der Waals surface area contributed by atoms with E-state index in [-0.39, 0.29) is 12.6 Å². The first-order chi connectivity index (χ1) is 5.40. The normalized spacial score (nSPS) is 18.3. The molecule has 0 aromatic carbocycles. The molecule has 0 amide bonds. The van der Waals surface area contributed by atoms with Gasteiger partial charge in [-0.1, -0.05) is 18.2 Å². The molecule has 0 bridgehead atoms. The first kappa shape index (κ1) is 12.8. The van der Waals surface area contributed by atoms with Gasteiger partial charge in [-0.3, -0.25) is 4.79 Å². The van der Waals surface area contributed by atoms with E-state index in [0.717, 1.165) is 0 Å². The third kappa shape index (κ3) is 4.71. The van der Waals surface area contributed by atoms with Crippen molar-refractivity contribution in [3.8, 4) is 0 Å². The number of carbonyl (C=O) groups excluding carboxylic acids is 1. The zero-order valence-electron chi connectivity index (χ0n) is 6.60. The molecule has 12 heavy (non-hydrogen) atoms. The second-order valence-electron chi connectivity index (χ2n) is 2.37. The number of hydrogen-bond acceptors (Lipinski definition) is 2. The van der Waals surface area contributed by atoms with E-state index < -0.39 is 16.9 Å². The smallest absolute Gasteiger partial charge is 0.222 e. The molecular formula is C6H10Cl3O2P. The molecule has 72 valence electrons. The fraction of sp³-hybridized carbons (Fsp3) is 0.833. The highest BCUT2D eigenvalue weighted by Crippen LogP contribution is 2.59. The third-order valence-corrected chi connectivity index (χ3v) is 6.36. The van der Waals surface area contributed by atoms with Gasteiger partial charge in [-0.15, -0.1) is 11.6 Å². The Bertz CT molecular complexity index is 207. The van der Waals surface area contributed by atoms with Crippen LogP contribution in [0.1, 0.15) is 19.8 Å². The summed E-state index contributed by atoms with van der Waals surface area (Å²) in [5.74, 6) is 0. The van der Waals surface area contributed by atoms with E-state index in [1.165, 1.54) is 0 Å². The van der Waals surface area contributed by atoms with E-state index in [1.54, 1.807) is 6.92 Å². The van der Waals surface area contributed by atoms with Gasteiger partial charge in [0.2, 0.25) is 5.24 Å². The Morgan fingerprint density at radius 1 is 1.58 bits per heavy atom. The van der Waals surface area contributed by atoms with Crippen molar-refractivity contribution in [1.29, 1.82) is 0 Å². The lowest BCUT2D eigenvalue weighted by Gasteiger charge is -2.13. The van der Waals surface area contributed by atoms with Crippen molar-refractivity contribution in [3.05, 3.63) is 0 Å². The third-order valence-electron chi connectivity index (χ3n) is 1.37. The maximum atomic E-state index is 11.5. The SMILES string of the molecule is CCC(Cl)P(=O)(Cl)CCC(=O)Cl. The molecule has 0 saturated heterocycles. The second kappa shape index (κ2) is 5.49. The van der Waals surface area contributed by atoms with E-state index >= 15 is 0 Å². The molecule has 0 aromatic heterocycles. The molecule has 0 aliphatic carbocycles. The number of halogens is 3. The highest BCUT2D eigenvalue weighted by molar-refractivity contribution is 7.90. The second-order valence-corrected chi connectivity index (χ2v) is 7.82. The summed E-state index contributed by atoms with van der Waals surface area (Å²) in [6.07, 6.45) is 0.628. The van der Waals surface area contributed by atoms with Crippen molar-refractivity contribution in [2.24, 2.45) is 0 Å². The van der Waals surface area contributed by atoms with Gasteiger partial charge in [-0.25, -0.2) is 0 Å². The summed E-state index contributed by atoms with van der Waals surface area (Å²) in [7, 11) is 0. The van der Waals surface area contributed by atoms with Crippen LogP contribution >= 0.6 is 40.9 Å². The first-order valence-corrected chi connectivity index (χ1v) is 7.19. The fourth-order valence-corrected chi connectivity index (χ4v) is 3.17. The molecule has 0 aliphatic rings. The van der Waals surface area contributed by atoms with Crippen molar-refractivity contribution < 1.29 is 9.36 Å². The number of rotatable bonds is 5. The van der Waals surface area contributed by atoms with Crippen LogP contribution in [0.25, 0.3) is 0 Å². The Kier molecular flexibility index (Phi) is 5.84. The van der Waals surface area contributed by atoms with Gasteiger partial charge in [0.1, 0.15) is 0 Å². The zero-order chi connectivity index (χ0) is 9.78. The predicted octanol–water partition coefficient (Wildman–Crippen LogP) is 3.63. The molecular weight excluding hydrogens is 241 g/mol. The highest BCUT2D eigenvalue weighted by Gasteiger charge is 2.27. The van der Waals surface area contributed by atoms with E-state index in [1.807, 2.05) is 0 Å². The van der Waals surface area contributed by atoms with Crippen molar-refractivity contribution in [3.63, 3.8) is 0 Å². The van der Waals surface area contributed by atoms with Crippen LogP contribution in [-0.2, 0) is 9.36 Å². The van der Waals surface area contributed by atoms with Gasteiger partial charge in [0.05, 0.1) is 5.12 Å². The molecule has 0 aromatic rings. The molecule has 0 heterocycles. The molecule has 0 fully saturated rings. The Morgan fingerprint density at radius 2 is 2.08 bits per heavy atom. The van der Waals surface area contributed by atoms with Gasteiger partial charge < -0.3 is 4.57 Å². The van der Waals surface area contributed by atoms with Gasteiger partial charge in [0.25, 0.3) is 0 Å². The molecule has 0 radical (unpaired) electrons. The van der Waals surface area contributed by atoms with Gasteiger partial charge in [-0.2, -0.15) is 0 Å². The van der Waals surface area contributed by atoms with Crippen LogP contribution in [0, 0.1) is 0 Å². The van der Waals surface area contributed by atoms with Crippen molar-refractivity contribution in [2.45, 2.75) is 24.9 Å². The number of carbonyl (C=O) groups is 1. The topological polar surface area (TPSA) is 34.1 Å². The van der Waals surface area contributed by atoms with Gasteiger partial charge >= 0.3 is 0 Å². The van der Waals surface area contributed by atoms with Crippen molar-refractivity contribution in [2.75, 3.05) is 6.16 Å². The van der Waals surface area contributed by atoms with E-state index in [9.17, 15) is 9.36 Å². The maximum Gasteiger partial charge on any atom is 0.222 e. The summed E-state index contributed by atoms with van der Waals surface area (Å²) in [5, 5.41) is -1.09. The molecule has 2 atom stereocenters. The summed E-state index contributed by atoms with van der Waals surface area (Å²) in [4.78, 5) is 10.3.